The first-order chi connectivity index (χ1) is 11.3. The van der Waals surface area contributed by atoms with E-state index in [0.29, 0.717) is 18.0 Å². The van der Waals surface area contributed by atoms with Crippen molar-refractivity contribution in [3.8, 4) is 0 Å². The lowest BCUT2D eigenvalue weighted by molar-refractivity contribution is 0.0697. The summed E-state index contributed by atoms with van der Waals surface area (Å²) in [6, 6.07) is 13.4. The van der Waals surface area contributed by atoms with Crippen LogP contribution in [0.25, 0.3) is 11.0 Å². The fourth-order valence-electron chi connectivity index (χ4n) is 2.53. The van der Waals surface area contributed by atoms with E-state index < -0.39 is 5.97 Å². The van der Waals surface area contributed by atoms with Crippen molar-refractivity contribution in [1.29, 1.82) is 0 Å². The normalized spacial score (nSPS) is 11.6. The van der Waals surface area contributed by atoms with Gasteiger partial charge in [-0.1, -0.05) is 45.0 Å². The SMILES string of the molecule is CC(C)(C)c1ccc(CNc2nc3ccc(C(=O)O)cc3[nH]2)cc1. The molecule has 0 radical (unpaired) electrons. The van der Waals surface area contributed by atoms with Gasteiger partial charge in [0, 0.05) is 6.54 Å². The van der Waals surface area contributed by atoms with Crippen LogP contribution in [-0.2, 0) is 12.0 Å². The Balaban J connectivity index is 1.72. The molecule has 0 amide bonds. The van der Waals surface area contributed by atoms with E-state index in [0.717, 1.165) is 11.1 Å². The van der Waals surface area contributed by atoms with Crippen LogP contribution in [0.4, 0.5) is 5.95 Å². The number of nitrogens with zero attached hydrogens (tertiary/aromatic N) is 1. The lowest BCUT2D eigenvalue weighted by Gasteiger charge is -2.19. The summed E-state index contributed by atoms with van der Waals surface area (Å²) in [5.74, 6) is -0.313. The van der Waals surface area contributed by atoms with Crippen LogP contribution >= 0.6 is 0 Å². The van der Waals surface area contributed by atoms with Crippen molar-refractivity contribution >= 4 is 23.0 Å². The number of nitrogens with one attached hydrogen (secondary N) is 2. The number of fused-ring (bicyclic) bond motifs is 1. The Kier molecular flexibility index (Phi) is 4.01. The summed E-state index contributed by atoms with van der Waals surface area (Å²) in [7, 11) is 0. The molecule has 124 valence electrons. The number of benzene rings is 2. The lowest BCUT2D eigenvalue weighted by Crippen LogP contribution is -2.11. The van der Waals surface area contributed by atoms with Gasteiger partial charge in [-0.15, -0.1) is 0 Å². The minimum Gasteiger partial charge on any atom is -0.478 e. The van der Waals surface area contributed by atoms with Gasteiger partial charge in [-0.05, 0) is 34.7 Å². The highest BCUT2D eigenvalue weighted by atomic mass is 16.4. The Bertz CT molecular complexity index is 874. The molecule has 0 fully saturated rings. The van der Waals surface area contributed by atoms with E-state index in [1.165, 1.54) is 5.56 Å². The minimum absolute atomic E-state index is 0.145. The van der Waals surface area contributed by atoms with E-state index in [-0.39, 0.29) is 11.0 Å². The van der Waals surface area contributed by atoms with Gasteiger partial charge in [0.1, 0.15) is 0 Å². The van der Waals surface area contributed by atoms with Crippen LogP contribution in [-0.4, -0.2) is 21.0 Å². The molecule has 3 aromatic rings. The number of anilines is 1. The summed E-state index contributed by atoms with van der Waals surface area (Å²) in [5, 5.41) is 12.3. The Hall–Kier alpha value is -2.82. The van der Waals surface area contributed by atoms with E-state index in [2.05, 4.69) is 60.3 Å². The molecule has 0 unspecified atom stereocenters. The molecule has 5 nitrogen and oxygen atoms in total. The second-order valence-corrected chi connectivity index (χ2v) is 6.92. The van der Waals surface area contributed by atoms with Gasteiger partial charge in [0.05, 0.1) is 16.6 Å². The maximum absolute atomic E-state index is 11.0. The molecule has 0 aliphatic heterocycles. The van der Waals surface area contributed by atoms with Gasteiger partial charge >= 0.3 is 5.97 Å². The average molecular weight is 323 g/mol. The molecule has 5 heteroatoms. The predicted octanol–water partition coefficient (Wildman–Crippen LogP) is 4.17. The highest BCUT2D eigenvalue weighted by Crippen LogP contribution is 2.22. The van der Waals surface area contributed by atoms with Gasteiger partial charge in [-0.3, -0.25) is 0 Å². The monoisotopic (exact) mass is 323 g/mol. The molecule has 0 aliphatic rings. The molecule has 0 saturated heterocycles. The van der Waals surface area contributed by atoms with Crippen LogP contribution < -0.4 is 5.32 Å². The number of aromatic carboxylic acids is 1. The first kappa shape index (κ1) is 16.1. The van der Waals surface area contributed by atoms with Gasteiger partial charge < -0.3 is 15.4 Å². The van der Waals surface area contributed by atoms with Gasteiger partial charge in [-0.2, -0.15) is 0 Å². The molecule has 1 heterocycles. The van der Waals surface area contributed by atoms with Crippen molar-refractivity contribution < 1.29 is 9.90 Å². The van der Waals surface area contributed by atoms with Gasteiger partial charge in [0.25, 0.3) is 0 Å². The molecule has 1 aromatic heterocycles. The quantitative estimate of drug-likeness (QED) is 0.673. The molecule has 0 atom stereocenters. The number of hydrogen-bond acceptors (Lipinski definition) is 3. The number of aromatic nitrogens is 2. The summed E-state index contributed by atoms with van der Waals surface area (Å²) in [6.45, 7) is 7.23. The maximum Gasteiger partial charge on any atom is 0.335 e. The van der Waals surface area contributed by atoms with Gasteiger partial charge in [0.2, 0.25) is 5.95 Å². The van der Waals surface area contributed by atoms with E-state index in [1.54, 1.807) is 18.2 Å². The van der Waals surface area contributed by atoms with Crippen molar-refractivity contribution in [2.24, 2.45) is 0 Å². The van der Waals surface area contributed by atoms with Crippen LogP contribution in [0.15, 0.2) is 42.5 Å². The lowest BCUT2D eigenvalue weighted by atomic mass is 9.87. The summed E-state index contributed by atoms with van der Waals surface area (Å²) in [5.41, 5.74) is 4.31. The van der Waals surface area contributed by atoms with Crippen LogP contribution in [0.1, 0.15) is 42.3 Å². The van der Waals surface area contributed by atoms with Crippen LogP contribution in [0.2, 0.25) is 0 Å². The third-order valence-electron chi connectivity index (χ3n) is 4.01. The zero-order chi connectivity index (χ0) is 17.3. The molecule has 24 heavy (non-hydrogen) atoms. The predicted molar refractivity (Wildman–Crippen MR) is 95.5 cm³/mol. The van der Waals surface area contributed by atoms with Crippen molar-refractivity contribution in [2.45, 2.75) is 32.7 Å². The number of rotatable bonds is 4. The van der Waals surface area contributed by atoms with E-state index in [1.807, 2.05) is 0 Å². The van der Waals surface area contributed by atoms with Gasteiger partial charge in [-0.25, -0.2) is 9.78 Å². The highest BCUT2D eigenvalue weighted by molar-refractivity contribution is 5.92. The first-order valence-corrected chi connectivity index (χ1v) is 7.89. The fraction of sp³-hybridized carbons (Fsp3) is 0.263. The van der Waals surface area contributed by atoms with Crippen LogP contribution in [0, 0.1) is 0 Å². The number of carboxylic acid groups (broad SMARTS) is 1. The second kappa shape index (κ2) is 6.00. The first-order valence-electron chi connectivity index (χ1n) is 7.89. The minimum atomic E-state index is -0.944. The third kappa shape index (κ3) is 3.40. The van der Waals surface area contributed by atoms with Crippen LogP contribution in [0.5, 0.6) is 0 Å². The highest BCUT2D eigenvalue weighted by Gasteiger charge is 2.13. The molecule has 2 aromatic carbocycles. The zero-order valence-electron chi connectivity index (χ0n) is 14.1. The average Bonchev–Trinajstić information content (AvgIpc) is 2.94. The second-order valence-electron chi connectivity index (χ2n) is 6.92. The van der Waals surface area contributed by atoms with Gasteiger partial charge in [0.15, 0.2) is 0 Å². The van der Waals surface area contributed by atoms with Crippen molar-refractivity contribution in [1.82, 2.24) is 9.97 Å². The molecule has 0 aliphatic carbocycles. The maximum atomic E-state index is 11.0. The number of carbonyl (C=O) groups is 1. The Morgan fingerprint density at radius 3 is 2.50 bits per heavy atom. The molecule has 0 bridgehead atoms. The molecule has 0 saturated carbocycles. The fourth-order valence-corrected chi connectivity index (χ4v) is 2.53. The number of hydrogen-bond donors (Lipinski definition) is 3. The van der Waals surface area contributed by atoms with Crippen LogP contribution in [0.3, 0.4) is 0 Å². The van der Waals surface area contributed by atoms with Crippen molar-refractivity contribution in [2.75, 3.05) is 5.32 Å². The summed E-state index contributed by atoms with van der Waals surface area (Å²) in [4.78, 5) is 18.5. The number of aromatic amines is 1. The smallest absolute Gasteiger partial charge is 0.335 e. The van der Waals surface area contributed by atoms with Crippen molar-refractivity contribution in [3.63, 3.8) is 0 Å². The number of H-pyrrole nitrogens is 1. The van der Waals surface area contributed by atoms with E-state index >= 15 is 0 Å². The topological polar surface area (TPSA) is 78.0 Å². The molecule has 3 rings (SSSR count). The summed E-state index contributed by atoms with van der Waals surface area (Å²) in [6.07, 6.45) is 0. The third-order valence-corrected chi connectivity index (χ3v) is 4.01. The van der Waals surface area contributed by atoms with E-state index in [4.69, 9.17) is 5.11 Å². The molecule has 3 N–H and O–H groups in total. The Morgan fingerprint density at radius 2 is 1.88 bits per heavy atom. The summed E-state index contributed by atoms with van der Waals surface area (Å²) < 4.78 is 0. The Labute approximate surface area is 140 Å². The molecular formula is C19H21N3O2. The largest absolute Gasteiger partial charge is 0.478 e. The summed E-state index contributed by atoms with van der Waals surface area (Å²) >= 11 is 0. The number of imidazole rings is 1. The zero-order valence-corrected chi connectivity index (χ0v) is 14.1. The molecule has 0 spiro atoms. The molecular weight excluding hydrogens is 302 g/mol. The standard InChI is InChI=1S/C19H21N3O2/c1-19(2,3)14-7-4-12(5-8-14)11-20-18-21-15-9-6-13(17(23)24)10-16(15)22-18/h4-10H,11H2,1-3H3,(H,23,24)(H2,20,21,22). The van der Waals surface area contributed by atoms with Crippen molar-refractivity contribution in [3.05, 3.63) is 59.2 Å². The Morgan fingerprint density at radius 1 is 1.17 bits per heavy atom. The van der Waals surface area contributed by atoms with E-state index in [9.17, 15) is 4.79 Å². The number of carboxylic acids is 1.